The van der Waals surface area contributed by atoms with E-state index in [0.29, 0.717) is 5.39 Å². The van der Waals surface area contributed by atoms with Gasteiger partial charge in [-0.3, -0.25) is 4.55 Å². The third-order valence-electron chi connectivity index (χ3n) is 2.86. The molecule has 0 radical (unpaired) electrons. The molecule has 2 aromatic carbocycles. The predicted octanol–water partition coefficient (Wildman–Crippen LogP) is 1.01. The molecular formula is C14H12O9S. The smallest absolute Gasteiger partial charge is 0.341 e. The Bertz CT molecular complexity index is 902. The molecular weight excluding hydrogens is 344 g/mol. The second-order valence-corrected chi connectivity index (χ2v) is 6.03. The van der Waals surface area contributed by atoms with E-state index in [9.17, 15) is 22.6 Å². The van der Waals surface area contributed by atoms with E-state index in [-0.39, 0.29) is 16.9 Å². The van der Waals surface area contributed by atoms with Crippen LogP contribution in [0.1, 0.15) is 0 Å². The van der Waals surface area contributed by atoms with Crippen molar-refractivity contribution in [2.24, 2.45) is 0 Å². The van der Waals surface area contributed by atoms with E-state index in [0.717, 1.165) is 6.07 Å². The first kappa shape index (κ1) is 17.5. The van der Waals surface area contributed by atoms with Gasteiger partial charge in [-0.2, -0.15) is 8.42 Å². The minimum Gasteiger partial charge on any atom is -0.482 e. The van der Waals surface area contributed by atoms with Crippen LogP contribution in [0.4, 0.5) is 0 Å². The maximum Gasteiger partial charge on any atom is 0.341 e. The Labute approximate surface area is 135 Å². The summed E-state index contributed by atoms with van der Waals surface area (Å²) < 4.78 is 42.4. The van der Waals surface area contributed by atoms with Gasteiger partial charge in [0.1, 0.15) is 16.4 Å². The summed E-state index contributed by atoms with van der Waals surface area (Å²) in [6.07, 6.45) is 0. The second-order valence-electron chi connectivity index (χ2n) is 4.64. The quantitative estimate of drug-likeness (QED) is 0.618. The van der Waals surface area contributed by atoms with Gasteiger partial charge in [0.2, 0.25) is 0 Å². The van der Waals surface area contributed by atoms with Crippen LogP contribution in [-0.4, -0.2) is 48.3 Å². The monoisotopic (exact) mass is 356 g/mol. The predicted molar refractivity (Wildman–Crippen MR) is 80.0 cm³/mol. The third-order valence-corrected chi connectivity index (χ3v) is 3.76. The Morgan fingerprint density at radius 1 is 0.917 bits per heavy atom. The molecule has 0 spiro atoms. The fourth-order valence-electron chi connectivity index (χ4n) is 1.95. The van der Waals surface area contributed by atoms with Crippen LogP contribution in [0.25, 0.3) is 10.8 Å². The standard InChI is InChI=1S/C14H12O9S/c15-13(16)6-22-9-2-1-8-3-10(23-7-14(17)18)5-12(11(8)4-9)24(19,20)21/h1-5H,6-7H2,(H,15,16)(H,17,18)(H,19,20,21). The molecule has 0 unspecified atom stereocenters. The van der Waals surface area contributed by atoms with E-state index < -0.39 is 40.2 Å². The van der Waals surface area contributed by atoms with Crippen molar-refractivity contribution in [3.8, 4) is 11.5 Å². The van der Waals surface area contributed by atoms with Gasteiger partial charge in [0.05, 0.1) is 0 Å². The Kier molecular flexibility index (Phi) is 4.90. The Morgan fingerprint density at radius 3 is 2.04 bits per heavy atom. The van der Waals surface area contributed by atoms with Crippen LogP contribution in [0.15, 0.2) is 35.2 Å². The number of aliphatic carboxylic acids is 2. The number of rotatable bonds is 7. The van der Waals surface area contributed by atoms with Gasteiger partial charge in [0, 0.05) is 11.5 Å². The van der Waals surface area contributed by atoms with E-state index in [1.165, 1.54) is 24.3 Å². The van der Waals surface area contributed by atoms with E-state index in [1.54, 1.807) is 0 Å². The average Bonchev–Trinajstić information content (AvgIpc) is 2.49. The van der Waals surface area contributed by atoms with Crippen molar-refractivity contribution in [3.63, 3.8) is 0 Å². The second kappa shape index (κ2) is 6.72. The molecule has 0 heterocycles. The van der Waals surface area contributed by atoms with Crippen LogP contribution in [0.3, 0.4) is 0 Å². The lowest BCUT2D eigenvalue weighted by Crippen LogP contribution is -2.10. The summed E-state index contributed by atoms with van der Waals surface area (Å²) in [5.41, 5.74) is 0. The van der Waals surface area contributed by atoms with Crippen molar-refractivity contribution in [2.45, 2.75) is 4.90 Å². The van der Waals surface area contributed by atoms with Crippen LogP contribution in [0, 0.1) is 0 Å². The number of ether oxygens (including phenoxy) is 2. The SMILES string of the molecule is O=C(O)COc1cc(S(=O)(=O)O)c2cc(OCC(=O)O)ccc2c1. The molecule has 0 bridgehead atoms. The molecule has 0 aliphatic carbocycles. The van der Waals surface area contributed by atoms with Crippen molar-refractivity contribution >= 4 is 32.8 Å². The van der Waals surface area contributed by atoms with Gasteiger partial charge in [0.15, 0.2) is 13.2 Å². The molecule has 0 saturated heterocycles. The van der Waals surface area contributed by atoms with Gasteiger partial charge in [-0.05, 0) is 23.6 Å². The van der Waals surface area contributed by atoms with Gasteiger partial charge < -0.3 is 19.7 Å². The summed E-state index contributed by atoms with van der Waals surface area (Å²) >= 11 is 0. The summed E-state index contributed by atoms with van der Waals surface area (Å²) in [5.74, 6) is -2.42. The number of carboxylic acid groups (broad SMARTS) is 2. The zero-order valence-electron chi connectivity index (χ0n) is 12.0. The molecule has 0 atom stereocenters. The Hall–Kier alpha value is -2.85. The molecule has 0 aromatic heterocycles. The summed E-state index contributed by atoms with van der Waals surface area (Å²) in [4.78, 5) is 20.5. The normalized spacial score (nSPS) is 11.2. The van der Waals surface area contributed by atoms with Gasteiger partial charge in [-0.25, -0.2) is 9.59 Å². The number of hydrogen-bond acceptors (Lipinski definition) is 6. The van der Waals surface area contributed by atoms with Crippen LogP contribution >= 0.6 is 0 Å². The lowest BCUT2D eigenvalue weighted by molar-refractivity contribution is -0.140. The van der Waals surface area contributed by atoms with Crippen LogP contribution in [-0.2, 0) is 19.7 Å². The minimum atomic E-state index is -4.64. The fraction of sp³-hybridized carbons (Fsp3) is 0.143. The van der Waals surface area contributed by atoms with Crippen molar-refractivity contribution < 1.29 is 42.2 Å². The van der Waals surface area contributed by atoms with Crippen molar-refractivity contribution in [1.82, 2.24) is 0 Å². The summed E-state index contributed by atoms with van der Waals surface area (Å²) in [7, 11) is -4.64. The van der Waals surface area contributed by atoms with Gasteiger partial charge in [-0.15, -0.1) is 0 Å². The van der Waals surface area contributed by atoms with Crippen LogP contribution in [0.5, 0.6) is 11.5 Å². The first-order valence-electron chi connectivity index (χ1n) is 6.41. The largest absolute Gasteiger partial charge is 0.482 e. The molecule has 9 nitrogen and oxygen atoms in total. The number of benzene rings is 2. The van der Waals surface area contributed by atoms with Gasteiger partial charge in [0.25, 0.3) is 10.1 Å². The highest BCUT2D eigenvalue weighted by Crippen LogP contribution is 2.31. The first-order valence-corrected chi connectivity index (χ1v) is 7.85. The maximum absolute atomic E-state index is 11.6. The molecule has 3 N–H and O–H groups in total. The molecule has 10 heteroatoms. The van der Waals surface area contributed by atoms with Crippen LogP contribution in [0.2, 0.25) is 0 Å². The summed E-state index contributed by atoms with van der Waals surface area (Å²) in [6.45, 7) is -1.30. The minimum absolute atomic E-state index is 0.0586. The lowest BCUT2D eigenvalue weighted by atomic mass is 10.1. The van der Waals surface area contributed by atoms with E-state index in [2.05, 4.69) is 0 Å². The summed E-state index contributed by atoms with van der Waals surface area (Å²) in [5, 5.41) is 17.6. The summed E-state index contributed by atoms with van der Waals surface area (Å²) in [6, 6.07) is 6.44. The number of fused-ring (bicyclic) bond motifs is 1. The van der Waals surface area contributed by atoms with Gasteiger partial charge >= 0.3 is 11.9 Å². The molecule has 0 aliphatic heterocycles. The molecule has 0 aliphatic rings. The lowest BCUT2D eigenvalue weighted by Gasteiger charge is -2.11. The Balaban J connectivity index is 2.52. The maximum atomic E-state index is 11.6. The zero-order chi connectivity index (χ0) is 17.9. The Morgan fingerprint density at radius 2 is 1.50 bits per heavy atom. The molecule has 2 aromatic rings. The molecule has 24 heavy (non-hydrogen) atoms. The molecule has 128 valence electrons. The average molecular weight is 356 g/mol. The highest BCUT2D eigenvalue weighted by atomic mass is 32.2. The van der Waals surface area contributed by atoms with Crippen molar-refractivity contribution in [2.75, 3.05) is 13.2 Å². The molecule has 0 amide bonds. The number of carbonyl (C=O) groups is 2. The molecule has 0 fully saturated rings. The van der Waals surface area contributed by atoms with Crippen molar-refractivity contribution in [1.29, 1.82) is 0 Å². The zero-order valence-corrected chi connectivity index (χ0v) is 12.8. The fourth-order valence-corrected chi connectivity index (χ4v) is 2.67. The van der Waals surface area contributed by atoms with E-state index in [1.807, 2.05) is 0 Å². The highest BCUT2D eigenvalue weighted by molar-refractivity contribution is 7.86. The topological polar surface area (TPSA) is 147 Å². The highest BCUT2D eigenvalue weighted by Gasteiger charge is 2.17. The third kappa shape index (κ3) is 4.33. The van der Waals surface area contributed by atoms with Crippen molar-refractivity contribution in [3.05, 3.63) is 30.3 Å². The number of carboxylic acids is 2. The van der Waals surface area contributed by atoms with E-state index >= 15 is 0 Å². The number of hydrogen-bond donors (Lipinski definition) is 3. The van der Waals surface area contributed by atoms with Crippen LogP contribution < -0.4 is 9.47 Å². The van der Waals surface area contributed by atoms with Gasteiger partial charge in [-0.1, -0.05) is 6.07 Å². The molecule has 2 rings (SSSR count). The molecule has 0 saturated carbocycles. The van der Waals surface area contributed by atoms with E-state index in [4.69, 9.17) is 19.7 Å². The first-order chi connectivity index (χ1) is 11.2.